The molecule has 2 aromatic carbocycles. The van der Waals surface area contributed by atoms with E-state index in [2.05, 4.69) is 23.8 Å². The first-order chi connectivity index (χ1) is 13.6. The van der Waals surface area contributed by atoms with Gasteiger partial charge in [-0.1, -0.05) is 80.1 Å². The Bertz CT molecular complexity index is 788. The van der Waals surface area contributed by atoms with E-state index in [0.717, 1.165) is 47.9 Å². The molecule has 0 spiro atoms. The van der Waals surface area contributed by atoms with Gasteiger partial charge in [-0.25, -0.2) is 0 Å². The summed E-state index contributed by atoms with van der Waals surface area (Å²) < 4.78 is 4.64. The number of methoxy groups -OCH3 is 1. The molecule has 0 aliphatic rings. The molecule has 2 aromatic rings. The number of carbonyl (C=O) groups is 1. The Morgan fingerprint density at radius 3 is 2.43 bits per heavy atom. The van der Waals surface area contributed by atoms with Gasteiger partial charge in [0.2, 0.25) is 0 Å². The molecule has 0 saturated heterocycles. The molecule has 1 atom stereocenters. The summed E-state index contributed by atoms with van der Waals surface area (Å²) in [7, 11) is 1.41. The zero-order chi connectivity index (χ0) is 20.2. The predicted molar refractivity (Wildman–Crippen MR) is 116 cm³/mol. The minimum Gasteiger partial charge on any atom is -0.469 e. The van der Waals surface area contributed by atoms with Crippen LogP contribution in [-0.2, 0) is 9.53 Å². The zero-order valence-electron chi connectivity index (χ0n) is 16.8. The average molecular weight is 379 g/mol. The standard InChI is InChI=1S/C25H30O3/c1-3-4-6-10-20-15-17-22(18-16-20)25(27)23-13-9-12-21(19-23)11-7-5-8-14-24(26)28-2/h6-7,9-13,15-19,25,27H,3-5,8,14H2,1-2H3/b10-6-,11-7-. The van der Waals surface area contributed by atoms with Crippen molar-refractivity contribution in [2.24, 2.45) is 0 Å². The van der Waals surface area contributed by atoms with Gasteiger partial charge < -0.3 is 9.84 Å². The summed E-state index contributed by atoms with van der Waals surface area (Å²) in [6, 6.07) is 15.9. The zero-order valence-corrected chi connectivity index (χ0v) is 16.8. The van der Waals surface area contributed by atoms with Gasteiger partial charge in [0.25, 0.3) is 0 Å². The van der Waals surface area contributed by atoms with Gasteiger partial charge in [-0.3, -0.25) is 4.79 Å². The number of rotatable bonds is 10. The van der Waals surface area contributed by atoms with Gasteiger partial charge in [0.1, 0.15) is 6.10 Å². The highest BCUT2D eigenvalue weighted by Gasteiger charge is 2.10. The van der Waals surface area contributed by atoms with Crippen molar-refractivity contribution in [2.75, 3.05) is 7.11 Å². The van der Waals surface area contributed by atoms with E-state index in [1.54, 1.807) is 0 Å². The number of aliphatic hydroxyl groups is 1. The van der Waals surface area contributed by atoms with Crippen molar-refractivity contribution in [3.8, 4) is 0 Å². The topological polar surface area (TPSA) is 46.5 Å². The number of allylic oxidation sites excluding steroid dienone is 2. The van der Waals surface area contributed by atoms with Crippen LogP contribution in [0.1, 0.15) is 67.4 Å². The maximum atomic E-state index is 11.1. The largest absolute Gasteiger partial charge is 0.469 e. The molecule has 3 heteroatoms. The predicted octanol–water partition coefficient (Wildman–Crippen LogP) is 5.94. The molecule has 0 aromatic heterocycles. The van der Waals surface area contributed by atoms with Crippen molar-refractivity contribution in [1.29, 1.82) is 0 Å². The lowest BCUT2D eigenvalue weighted by Gasteiger charge is -2.12. The van der Waals surface area contributed by atoms with E-state index in [1.807, 2.05) is 60.7 Å². The first-order valence-electron chi connectivity index (χ1n) is 9.92. The van der Waals surface area contributed by atoms with E-state index in [1.165, 1.54) is 7.11 Å². The van der Waals surface area contributed by atoms with Crippen LogP contribution in [0.4, 0.5) is 0 Å². The normalized spacial score (nSPS) is 12.5. The lowest BCUT2D eigenvalue weighted by Crippen LogP contribution is -1.99. The third-order valence-corrected chi connectivity index (χ3v) is 4.53. The molecule has 2 rings (SSSR count). The molecule has 148 valence electrons. The summed E-state index contributed by atoms with van der Waals surface area (Å²) in [6.45, 7) is 2.16. The lowest BCUT2D eigenvalue weighted by atomic mass is 9.98. The number of ether oxygens (including phenoxy) is 1. The first-order valence-corrected chi connectivity index (χ1v) is 9.92. The van der Waals surface area contributed by atoms with Crippen molar-refractivity contribution in [3.05, 3.63) is 82.9 Å². The highest BCUT2D eigenvalue weighted by Crippen LogP contribution is 2.24. The third-order valence-electron chi connectivity index (χ3n) is 4.53. The fraction of sp³-hybridized carbons (Fsp3) is 0.320. The van der Waals surface area contributed by atoms with E-state index in [9.17, 15) is 9.90 Å². The fourth-order valence-corrected chi connectivity index (χ4v) is 2.89. The monoisotopic (exact) mass is 378 g/mol. The Kier molecular flexibility index (Phi) is 9.23. The van der Waals surface area contributed by atoms with Crippen molar-refractivity contribution in [3.63, 3.8) is 0 Å². The fourth-order valence-electron chi connectivity index (χ4n) is 2.89. The average Bonchev–Trinajstić information content (AvgIpc) is 2.73. The quantitative estimate of drug-likeness (QED) is 0.411. The number of esters is 1. The summed E-state index contributed by atoms with van der Waals surface area (Å²) in [4.78, 5) is 11.1. The number of hydrogen-bond donors (Lipinski definition) is 1. The number of benzene rings is 2. The second-order valence-electron chi connectivity index (χ2n) is 6.80. The molecule has 28 heavy (non-hydrogen) atoms. The SMILES string of the molecule is CCC/C=C\c1ccc(C(O)c2cccc(/C=C\CCCC(=O)OC)c2)cc1. The molecule has 0 bridgehead atoms. The van der Waals surface area contributed by atoms with E-state index in [0.29, 0.717) is 6.42 Å². The number of hydrogen-bond acceptors (Lipinski definition) is 3. The summed E-state index contributed by atoms with van der Waals surface area (Å²) >= 11 is 0. The second kappa shape index (κ2) is 11.9. The Balaban J connectivity index is 1.97. The summed E-state index contributed by atoms with van der Waals surface area (Å²) in [5.74, 6) is -0.176. The minimum atomic E-state index is -0.652. The molecule has 3 nitrogen and oxygen atoms in total. The maximum absolute atomic E-state index is 11.1. The van der Waals surface area contributed by atoms with Gasteiger partial charge in [0, 0.05) is 6.42 Å². The molecule has 0 radical (unpaired) electrons. The van der Waals surface area contributed by atoms with E-state index < -0.39 is 6.10 Å². The van der Waals surface area contributed by atoms with E-state index >= 15 is 0 Å². The van der Waals surface area contributed by atoms with Crippen molar-refractivity contribution >= 4 is 18.1 Å². The van der Waals surface area contributed by atoms with Crippen LogP contribution in [0.2, 0.25) is 0 Å². The molecule has 1 N–H and O–H groups in total. The maximum Gasteiger partial charge on any atom is 0.305 e. The van der Waals surface area contributed by atoms with E-state index in [-0.39, 0.29) is 5.97 Å². The summed E-state index contributed by atoms with van der Waals surface area (Å²) in [5.41, 5.74) is 3.93. The Morgan fingerprint density at radius 1 is 1.00 bits per heavy atom. The van der Waals surface area contributed by atoms with Gasteiger partial charge in [0.15, 0.2) is 0 Å². The van der Waals surface area contributed by atoms with Crippen LogP contribution in [0.3, 0.4) is 0 Å². The molecule has 0 heterocycles. The minimum absolute atomic E-state index is 0.176. The lowest BCUT2D eigenvalue weighted by molar-refractivity contribution is -0.140. The van der Waals surface area contributed by atoms with Crippen LogP contribution in [0.25, 0.3) is 12.2 Å². The molecule has 0 amide bonds. The highest BCUT2D eigenvalue weighted by atomic mass is 16.5. The first kappa shape index (κ1) is 21.6. The van der Waals surface area contributed by atoms with Crippen LogP contribution >= 0.6 is 0 Å². The molecule has 1 unspecified atom stereocenters. The number of unbranched alkanes of at least 4 members (excludes halogenated alkanes) is 2. The van der Waals surface area contributed by atoms with Crippen molar-refractivity contribution in [2.45, 2.75) is 45.1 Å². The van der Waals surface area contributed by atoms with E-state index in [4.69, 9.17) is 0 Å². The van der Waals surface area contributed by atoms with Crippen LogP contribution in [-0.4, -0.2) is 18.2 Å². The molecule has 0 aliphatic heterocycles. The summed E-state index contributed by atoms with van der Waals surface area (Å²) in [5, 5.41) is 10.7. The van der Waals surface area contributed by atoms with Crippen LogP contribution < -0.4 is 0 Å². The Hall–Kier alpha value is -2.65. The molecular formula is C25H30O3. The molecule has 0 saturated carbocycles. The van der Waals surface area contributed by atoms with Crippen LogP contribution in [0.15, 0.2) is 60.7 Å². The number of carbonyl (C=O) groups excluding carboxylic acids is 1. The molecular weight excluding hydrogens is 348 g/mol. The molecule has 0 fully saturated rings. The third kappa shape index (κ3) is 7.16. The molecule has 0 aliphatic carbocycles. The Labute approximate surface area is 168 Å². The smallest absolute Gasteiger partial charge is 0.305 e. The van der Waals surface area contributed by atoms with Gasteiger partial charge in [-0.2, -0.15) is 0 Å². The van der Waals surface area contributed by atoms with Crippen LogP contribution in [0, 0.1) is 0 Å². The van der Waals surface area contributed by atoms with Gasteiger partial charge >= 0.3 is 5.97 Å². The van der Waals surface area contributed by atoms with Gasteiger partial charge in [-0.05, 0) is 47.6 Å². The second-order valence-corrected chi connectivity index (χ2v) is 6.80. The summed E-state index contributed by atoms with van der Waals surface area (Å²) in [6.07, 6.45) is 11.9. The number of aliphatic hydroxyl groups excluding tert-OH is 1. The van der Waals surface area contributed by atoms with Crippen molar-refractivity contribution < 1.29 is 14.6 Å². The Morgan fingerprint density at radius 2 is 1.71 bits per heavy atom. The highest BCUT2D eigenvalue weighted by molar-refractivity contribution is 5.69. The van der Waals surface area contributed by atoms with Crippen LogP contribution in [0.5, 0.6) is 0 Å². The van der Waals surface area contributed by atoms with Gasteiger partial charge in [0.05, 0.1) is 7.11 Å². The van der Waals surface area contributed by atoms with Gasteiger partial charge in [-0.15, -0.1) is 0 Å². The van der Waals surface area contributed by atoms with Crippen molar-refractivity contribution in [1.82, 2.24) is 0 Å².